The number of methoxy groups -OCH3 is 1. The summed E-state index contributed by atoms with van der Waals surface area (Å²) >= 11 is 0. The highest BCUT2D eigenvalue weighted by atomic mass is 28.3. The van der Waals surface area contributed by atoms with Gasteiger partial charge in [0.1, 0.15) is 13.8 Å². The zero-order valence-corrected chi connectivity index (χ0v) is 15.0. The first kappa shape index (κ1) is 18.0. The van der Waals surface area contributed by atoms with Crippen LogP contribution in [0.25, 0.3) is 0 Å². The molecule has 0 heterocycles. The molecule has 0 aliphatic rings. The van der Waals surface area contributed by atoms with Crippen molar-refractivity contribution in [2.24, 2.45) is 0 Å². The van der Waals surface area contributed by atoms with Crippen LogP contribution in [0.5, 0.6) is 5.75 Å². The highest BCUT2D eigenvalue weighted by molar-refractivity contribution is 6.95. The van der Waals surface area contributed by atoms with Crippen LogP contribution in [0.1, 0.15) is 39.0 Å². The third-order valence-electron chi connectivity index (χ3n) is 4.17. The van der Waals surface area contributed by atoms with Gasteiger partial charge in [0.2, 0.25) is 0 Å². The smallest absolute Gasteiger partial charge is 0.118 e. The maximum absolute atomic E-state index is 9.00. The van der Waals surface area contributed by atoms with Gasteiger partial charge in [-0.2, -0.15) is 0 Å². The molecule has 0 aliphatic carbocycles. The van der Waals surface area contributed by atoms with Gasteiger partial charge < -0.3 is 9.84 Å². The van der Waals surface area contributed by atoms with Gasteiger partial charge in [-0.3, -0.25) is 0 Å². The van der Waals surface area contributed by atoms with Crippen LogP contribution in [0.15, 0.2) is 35.5 Å². The fourth-order valence-electron chi connectivity index (χ4n) is 2.60. The zero-order valence-electron chi connectivity index (χ0n) is 14.0. The van der Waals surface area contributed by atoms with Gasteiger partial charge in [-0.25, -0.2) is 0 Å². The van der Waals surface area contributed by atoms with Crippen molar-refractivity contribution in [3.05, 3.63) is 35.5 Å². The summed E-state index contributed by atoms with van der Waals surface area (Å²) in [6, 6.07) is 8.57. The summed E-state index contributed by atoms with van der Waals surface area (Å²) in [6.07, 6.45) is 7.91. The summed E-state index contributed by atoms with van der Waals surface area (Å²) in [5.74, 6) is 0.919. The Morgan fingerprint density at radius 1 is 1.19 bits per heavy atom. The fraction of sp³-hybridized carbons (Fsp3) is 0.556. The van der Waals surface area contributed by atoms with Gasteiger partial charge in [-0.15, -0.1) is 0 Å². The molecule has 0 spiro atoms. The number of aliphatic hydroxyl groups excluding tert-OH is 1. The zero-order chi connectivity index (χ0) is 15.7. The lowest BCUT2D eigenvalue weighted by Crippen LogP contribution is -2.43. The minimum absolute atomic E-state index is 0.280. The molecule has 0 radical (unpaired) electrons. The van der Waals surface area contributed by atoms with Crippen molar-refractivity contribution in [2.75, 3.05) is 13.7 Å². The maximum atomic E-state index is 9.00. The van der Waals surface area contributed by atoms with E-state index in [0.29, 0.717) is 0 Å². The van der Waals surface area contributed by atoms with Crippen molar-refractivity contribution in [3.63, 3.8) is 0 Å². The van der Waals surface area contributed by atoms with Crippen LogP contribution in [0.3, 0.4) is 0 Å². The van der Waals surface area contributed by atoms with Gasteiger partial charge in [0.05, 0.1) is 7.11 Å². The Kier molecular flexibility index (Phi) is 7.76. The molecule has 0 saturated heterocycles. The first-order valence-electron chi connectivity index (χ1n) is 8.01. The van der Waals surface area contributed by atoms with Gasteiger partial charge in [0, 0.05) is 6.61 Å². The van der Waals surface area contributed by atoms with E-state index in [1.54, 1.807) is 12.3 Å². The van der Waals surface area contributed by atoms with E-state index >= 15 is 0 Å². The van der Waals surface area contributed by atoms with Crippen LogP contribution in [0.4, 0.5) is 0 Å². The van der Waals surface area contributed by atoms with Gasteiger partial charge >= 0.3 is 0 Å². The minimum atomic E-state index is -1.61. The van der Waals surface area contributed by atoms with Crippen LogP contribution >= 0.6 is 0 Å². The summed E-state index contributed by atoms with van der Waals surface area (Å²) in [7, 11) is 0.0995. The standard InChI is InChI=1S/C18H30O2Si/c1-5-6-9-17(10-7-8-15-19)21(3,4)18-13-11-16(20-2)12-14-18/h10-14,19H,5-9,15H2,1-4H3/b17-10-. The van der Waals surface area contributed by atoms with Crippen molar-refractivity contribution in [1.82, 2.24) is 0 Å². The predicted molar refractivity (Wildman–Crippen MR) is 94.0 cm³/mol. The largest absolute Gasteiger partial charge is 0.497 e. The molecule has 1 N–H and O–H groups in total. The summed E-state index contributed by atoms with van der Waals surface area (Å²) in [5, 5.41) is 12.1. The Balaban J connectivity index is 2.97. The molecule has 21 heavy (non-hydrogen) atoms. The molecular formula is C18H30O2Si. The third-order valence-corrected chi connectivity index (χ3v) is 8.00. The number of unbranched alkanes of at least 4 members (excludes halogenated alkanes) is 2. The lowest BCUT2D eigenvalue weighted by molar-refractivity contribution is 0.289. The first-order valence-corrected chi connectivity index (χ1v) is 11.0. The summed E-state index contributed by atoms with van der Waals surface area (Å²) in [4.78, 5) is 0. The van der Waals surface area contributed by atoms with Crippen LogP contribution in [0, 0.1) is 0 Å². The Morgan fingerprint density at radius 2 is 1.86 bits per heavy atom. The van der Waals surface area contributed by atoms with E-state index < -0.39 is 8.07 Å². The minimum Gasteiger partial charge on any atom is -0.497 e. The molecule has 0 bridgehead atoms. The Morgan fingerprint density at radius 3 is 2.38 bits per heavy atom. The average molecular weight is 307 g/mol. The number of hydrogen-bond donors (Lipinski definition) is 1. The molecule has 0 atom stereocenters. The monoisotopic (exact) mass is 306 g/mol. The summed E-state index contributed by atoms with van der Waals surface area (Å²) < 4.78 is 5.26. The Bertz CT molecular complexity index is 435. The van der Waals surface area contributed by atoms with Crippen molar-refractivity contribution in [1.29, 1.82) is 0 Å². The van der Waals surface area contributed by atoms with Crippen LogP contribution in [-0.2, 0) is 0 Å². The van der Waals surface area contributed by atoms with Gasteiger partial charge in [0.15, 0.2) is 0 Å². The van der Waals surface area contributed by atoms with Crippen molar-refractivity contribution in [2.45, 2.75) is 52.1 Å². The normalized spacial score (nSPS) is 12.5. The van der Waals surface area contributed by atoms with E-state index in [-0.39, 0.29) is 6.61 Å². The molecule has 0 aromatic heterocycles. The summed E-state index contributed by atoms with van der Waals surface area (Å²) in [6.45, 7) is 7.37. The molecule has 1 aromatic rings. The van der Waals surface area contributed by atoms with E-state index in [0.717, 1.165) is 18.6 Å². The fourth-order valence-corrected chi connectivity index (χ4v) is 5.42. The number of hydrogen-bond acceptors (Lipinski definition) is 2. The van der Waals surface area contributed by atoms with Gasteiger partial charge in [-0.1, -0.05) is 61.5 Å². The molecule has 0 amide bonds. The van der Waals surface area contributed by atoms with E-state index in [1.807, 2.05) is 0 Å². The summed E-state index contributed by atoms with van der Waals surface area (Å²) in [5.41, 5.74) is 0. The molecule has 3 heteroatoms. The maximum Gasteiger partial charge on any atom is 0.118 e. The van der Waals surface area contributed by atoms with Crippen molar-refractivity contribution in [3.8, 4) is 5.75 Å². The quantitative estimate of drug-likeness (QED) is 0.551. The highest BCUT2D eigenvalue weighted by Gasteiger charge is 2.27. The van der Waals surface area contributed by atoms with Crippen LogP contribution in [-0.4, -0.2) is 26.9 Å². The van der Waals surface area contributed by atoms with E-state index in [4.69, 9.17) is 9.84 Å². The molecule has 1 rings (SSSR count). The van der Waals surface area contributed by atoms with Crippen LogP contribution < -0.4 is 9.92 Å². The topological polar surface area (TPSA) is 29.5 Å². The second-order valence-corrected chi connectivity index (χ2v) is 10.5. The third kappa shape index (κ3) is 5.33. The highest BCUT2D eigenvalue weighted by Crippen LogP contribution is 2.23. The predicted octanol–water partition coefficient (Wildman–Crippen LogP) is 4.04. The van der Waals surface area contributed by atoms with E-state index in [2.05, 4.69) is 50.4 Å². The number of benzene rings is 1. The van der Waals surface area contributed by atoms with E-state index in [9.17, 15) is 0 Å². The molecule has 1 aromatic carbocycles. The number of rotatable bonds is 9. The molecular weight excluding hydrogens is 276 g/mol. The number of allylic oxidation sites excluding steroid dienone is 2. The van der Waals surface area contributed by atoms with Crippen molar-refractivity contribution >= 4 is 13.3 Å². The SMILES string of the molecule is CCCC/C(=C/CCCO)[Si](C)(C)c1ccc(OC)cc1. The number of aliphatic hydroxyl groups is 1. The van der Waals surface area contributed by atoms with E-state index in [1.165, 1.54) is 24.4 Å². The Labute approximate surface area is 130 Å². The van der Waals surface area contributed by atoms with Gasteiger partial charge in [-0.05, 0) is 31.4 Å². The first-order chi connectivity index (χ1) is 10.1. The average Bonchev–Trinajstić information content (AvgIpc) is 2.50. The molecule has 0 aliphatic heterocycles. The van der Waals surface area contributed by atoms with Crippen molar-refractivity contribution < 1.29 is 9.84 Å². The second-order valence-electron chi connectivity index (χ2n) is 6.05. The molecule has 2 nitrogen and oxygen atoms in total. The molecule has 0 fully saturated rings. The van der Waals surface area contributed by atoms with Gasteiger partial charge in [0.25, 0.3) is 0 Å². The lowest BCUT2D eigenvalue weighted by Gasteiger charge is -2.27. The molecule has 0 unspecified atom stereocenters. The molecule has 0 saturated carbocycles. The number of ether oxygens (including phenoxy) is 1. The Hall–Kier alpha value is -1.06. The second kappa shape index (κ2) is 9.06. The lowest BCUT2D eigenvalue weighted by atomic mass is 10.2. The molecule has 118 valence electrons. The van der Waals surface area contributed by atoms with Crippen LogP contribution in [0.2, 0.25) is 13.1 Å².